The van der Waals surface area contributed by atoms with Gasteiger partial charge in [-0.3, -0.25) is 0 Å². The Morgan fingerprint density at radius 3 is 1.95 bits per heavy atom. The van der Waals surface area contributed by atoms with Gasteiger partial charge in [0, 0.05) is 6.54 Å². The first-order valence-corrected chi connectivity index (χ1v) is 9.32. The van der Waals surface area contributed by atoms with Crippen molar-refractivity contribution < 1.29 is 0 Å². The number of hydrogen-bond donors (Lipinski definition) is 0. The Bertz CT molecular complexity index is 304. The first-order valence-electron chi connectivity index (χ1n) is 9.32. The van der Waals surface area contributed by atoms with E-state index < -0.39 is 0 Å². The Morgan fingerprint density at radius 1 is 0.810 bits per heavy atom. The van der Waals surface area contributed by atoms with Crippen LogP contribution >= 0.6 is 0 Å². The van der Waals surface area contributed by atoms with E-state index in [9.17, 15) is 0 Å². The van der Waals surface area contributed by atoms with Gasteiger partial charge in [0.15, 0.2) is 0 Å². The van der Waals surface area contributed by atoms with Crippen molar-refractivity contribution >= 4 is 0 Å². The molecule has 3 fully saturated rings. The molecule has 122 valence electrons. The molecular formula is C18H35N3. The highest BCUT2D eigenvalue weighted by Gasteiger charge is 2.37. The van der Waals surface area contributed by atoms with E-state index in [-0.39, 0.29) is 0 Å². The Balaban J connectivity index is 1.40. The molecule has 3 saturated heterocycles. The summed E-state index contributed by atoms with van der Waals surface area (Å²) in [6.07, 6.45) is 8.70. The topological polar surface area (TPSA) is 9.72 Å². The van der Waals surface area contributed by atoms with Gasteiger partial charge < -0.3 is 14.7 Å². The minimum Gasteiger partial charge on any atom is -0.306 e. The zero-order valence-corrected chi connectivity index (χ0v) is 14.3. The van der Waals surface area contributed by atoms with E-state index in [0.717, 1.165) is 5.92 Å². The molecule has 0 radical (unpaired) electrons. The first-order chi connectivity index (χ1) is 10.2. The normalized spacial score (nSPS) is 30.0. The lowest BCUT2D eigenvalue weighted by molar-refractivity contribution is 0.0322. The predicted octanol–water partition coefficient (Wildman–Crippen LogP) is 2.53. The highest BCUT2D eigenvalue weighted by molar-refractivity contribution is 4.90. The monoisotopic (exact) mass is 293 g/mol. The van der Waals surface area contributed by atoms with E-state index in [0.29, 0.717) is 5.41 Å². The van der Waals surface area contributed by atoms with Crippen LogP contribution in [0.15, 0.2) is 0 Å². The fourth-order valence-electron chi connectivity index (χ4n) is 4.65. The fourth-order valence-corrected chi connectivity index (χ4v) is 4.65. The molecule has 1 spiro atoms. The van der Waals surface area contributed by atoms with Gasteiger partial charge in [-0.05, 0) is 103 Å². The summed E-state index contributed by atoms with van der Waals surface area (Å²) in [5.74, 6) is 0.972. The van der Waals surface area contributed by atoms with E-state index in [1.165, 1.54) is 90.9 Å². The van der Waals surface area contributed by atoms with Crippen molar-refractivity contribution in [3.8, 4) is 0 Å². The average molecular weight is 293 g/mol. The summed E-state index contributed by atoms with van der Waals surface area (Å²) in [7, 11) is 2.28. The van der Waals surface area contributed by atoms with E-state index >= 15 is 0 Å². The van der Waals surface area contributed by atoms with Gasteiger partial charge in [-0.15, -0.1) is 0 Å². The Hall–Kier alpha value is -0.120. The summed E-state index contributed by atoms with van der Waals surface area (Å²) < 4.78 is 0. The van der Waals surface area contributed by atoms with E-state index in [4.69, 9.17) is 0 Å². The number of likely N-dealkylation sites (tertiary alicyclic amines) is 3. The molecule has 3 nitrogen and oxygen atoms in total. The molecular weight excluding hydrogens is 258 g/mol. The van der Waals surface area contributed by atoms with Gasteiger partial charge in [0.2, 0.25) is 0 Å². The zero-order valence-electron chi connectivity index (χ0n) is 14.3. The van der Waals surface area contributed by atoms with Crippen LogP contribution in [0.1, 0.15) is 45.4 Å². The molecule has 0 N–H and O–H groups in total. The van der Waals surface area contributed by atoms with E-state index in [1.54, 1.807) is 0 Å². The van der Waals surface area contributed by atoms with Gasteiger partial charge in [-0.2, -0.15) is 0 Å². The van der Waals surface area contributed by atoms with Crippen LogP contribution < -0.4 is 0 Å². The maximum atomic E-state index is 2.79. The van der Waals surface area contributed by atoms with E-state index in [2.05, 4.69) is 28.7 Å². The van der Waals surface area contributed by atoms with Crippen molar-refractivity contribution in [1.82, 2.24) is 14.7 Å². The van der Waals surface area contributed by atoms with Gasteiger partial charge in [0.1, 0.15) is 0 Å². The highest BCUT2D eigenvalue weighted by atomic mass is 15.2. The molecule has 3 heteroatoms. The molecule has 0 bridgehead atoms. The summed E-state index contributed by atoms with van der Waals surface area (Å²) in [6.45, 7) is 13.0. The van der Waals surface area contributed by atoms with Gasteiger partial charge in [-0.1, -0.05) is 6.92 Å². The first kappa shape index (κ1) is 15.8. The summed E-state index contributed by atoms with van der Waals surface area (Å²) in [6, 6.07) is 0. The largest absolute Gasteiger partial charge is 0.306 e. The molecule has 0 aromatic heterocycles. The summed E-state index contributed by atoms with van der Waals surface area (Å²) in [5, 5.41) is 0. The highest BCUT2D eigenvalue weighted by Crippen LogP contribution is 2.41. The third kappa shape index (κ3) is 4.00. The Labute approximate surface area is 131 Å². The second kappa shape index (κ2) is 6.97. The van der Waals surface area contributed by atoms with Crippen LogP contribution in [-0.2, 0) is 0 Å². The van der Waals surface area contributed by atoms with Crippen LogP contribution in [0.25, 0.3) is 0 Å². The molecule has 3 aliphatic rings. The minimum atomic E-state index is 0.717. The molecule has 21 heavy (non-hydrogen) atoms. The van der Waals surface area contributed by atoms with Gasteiger partial charge >= 0.3 is 0 Å². The number of hydrogen-bond acceptors (Lipinski definition) is 3. The van der Waals surface area contributed by atoms with Crippen LogP contribution in [0, 0.1) is 11.3 Å². The van der Waals surface area contributed by atoms with Crippen molar-refractivity contribution in [3.63, 3.8) is 0 Å². The molecule has 0 amide bonds. The third-order valence-corrected chi connectivity index (χ3v) is 6.64. The molecule has 0 aliphatic carbocycles. The van der Waals surface area contributed by atoms with Crippen LogP contribution in [-0.4, -0.2) is 74.1 Å². The standard InChI is InChI=1S/C18H35N3/c1-3-20-10-4-17(5-11-20)16-21-14-8-18(9-15-21)6-12-19(2)13-7-18/h17H,3-16H2,1-2H3. The van der Waals surface area contributed by atoms with Crippen LogP contribution in [0.3, 0.4) is 0 Å². The van der Waals surface area contributed by atoms with Gasteiger partial charge in [0.25, 0.3) is 0 Å². The third-order valence-electron chi connectivity index (χ3n) is 6.64. The molecule has 0 saturated carbocycles. The minimum absolute atomic E-state index is 0.717. The summed E-state index contributed by atoms with van der Waals surface area (Å²) in [4.78, 5) is 7.91. The van der Waals surface area contributed by atoms with Crippen LogP contribution in [0.5, 0.6) is 0 Å². The lowest BCUT2D eigenvalue weighted by atomic mass is 9.71. The maximum absolute atomic E-state index is 2.79. The van der Waals surface area contributed by atoms with Gasteiger partial charge in [-0.25, -0.2) is 0 Å². The molecule has 3 aliphatic heterocycles. The summed E-state index contributed by atoms with van der Waals surface area (Å²) >= 11 is 0. The fraction of sp³-hybridized carbons (Fsp3) is 1.00. The van der Waals surface area contributed by atoms with Crippen molar-refractivity contribution in [3.05, 3.63) is 0 Å². The van der Waals surface area contributed by atoms with Crippen LogP contribution in [0.2, 0.25) is 0 Å². The predicted molar refractivity (Wildman–Crippen MR) is 89.7 cm³/mol. The average Bonchev–Trinajstić information content (AvgIpc) is 2.54. The van der Waals surface area contributed by atoms with Crippen molar-refractivity contribution in [2.75, 3.05) is 59.4 Å². The molecule has 0 aromatic rings. The zero-order chi connectivity index (χ0) is 14.7. The SMILES string of the molecule is CCN1CCC(CN2CCC3(CCN(C)CC3)CC2)CC1. The quantitative estimate of drug-likeness (QED) is 0.792. The maximum Gasteiger partial charge on any atom is 0.00106 e. The second-order valence-electron chi connectivity index (χ2n) is 7.98. The molecule has 3 rings (SSSR count). The van der Waals surface area contributed by atoms with Crippen molar-refractivity contribution in [1.29, 1.82) is 0 Å². The number of piperidine rings is 3. The van der Waals surface area contributed by atoms with E-state index in [1.807, 2.05) is 0 Å². The smallest absolute Gasteiger partial charge is 0.00106 e. The lowest BCUT2D eigenvalue weighted by Crippen LogP contribution is -2.47. The van der Waals surface area contributed by atoms with Crippen LogP contribution in [0.4, 0.5) is 0 Å². The lowest BCUT2D eigenvalue weighted by Gasteiger charge is -2.47. The molecule has 3 heterocycles. The Kier molecular flexibility index (Phi) is 5.23. The summed E-state index contributed by atoms with van der Waals surface area (Å²) in [5.41, 5.74) is 0.717. The van der Waals surface area contributed by atoms with Gasteiger partial charge in [0.05, 0.1) is 0 Å². The second-order valence-corrected chi connectivity index (χ2v) is 7.98. The molecule has 0 atom stereocenters. The molecule has 0 aromatic carbocycles. The van der Waals surface area contributed by atoms with Crippen molar-refractivity contribution in [2.45, 2.75) is 45.4 Å². The Morgan fingerprint density at radius 2 is 1.38 bits per heavy atom. The molecule has 0 unspecified atom stereocenters. The number of rotatable bonds is 3. The van der Waals surface area contributed by atoms with Crippen molar-refractivity contribution in [2.24, 2.45) is 11.3 Å². The number of nitrogens with zero attached hydrogens (tertiary/aromatic N) is 3.